The molecule has 3 aliphatic rings. The van der Waals surface area contributed by atoms with E-state index in [4.69, 9.17) is 26.8 Å². The number of ether oxygens (including phenoxy) is 2. The normalized spacial score (nSPS) is 16.3. The number of alkyl halides is 3. The molecule has 14 nitrogen and oxygen atoms in total. The molecule has 1 aliphatic carbocycles. The average Bonchev–Trinajstić information content (AvgIpc) is 3.90. The lowest BCUT2D eigenvalue weighted by molar-refractivity contribution is -0.141. The van der Waals surface area contributed by atoms with Crippen LogP contribution in [0, 0.1) is 0 Å². The number of pyridine rings is 1. The lowest BCUT2D eigenvalue weighted by Crippen LogP contribution is -2.53. The van der Waals surface area contributed by atoms with Crippen LogP contribution in [0.5, 0.6) is 5.75 Å². The van der Waals surface area contributed by atoms with Crippen LogP contribution >= 0.6 is 11.6 Å². The fraction of sp³-hybridized carbons (Fsp3) is 0.349. The summed E-state index contributed by atoms with van der Waals surface area (Å²) in [5.41, 5.74) is 6.95. The van der Waals surface area contributed by atoms with Crippen LogP contribution in [0.4, 0.5) is 29.5 Å². The van der Waals surface area contributed by atoms with Gasteiger partial charge in [-0.05, 0) is 85.2 Å². The predicted molar refractivity (Wildman–Crippen MR) is 219 cm³/mol. The van der Waals surface area contributed by atoms with Crippen LogP contribution in [-0.2, 0) is 35.0 Å². The van der Waals surface area contributed by atoms with Gasteiger partial charge in [-0.2, -0.15) is 13.2 Å². The number of amides is 2. The highest BCUT2D eigenvalue weighted by Gasteiger charge is 2.37. The van der Waals surface area contributed by atoms with Gasteiger partial charge in [0.05, 0.1) is 27.9 Å². The van der Waals surface area contributed by atoms with E-state index < -0.39 is 47.9 Å². The number of hydrogen-bond donors (Lipinski definition) is 2. The molecule has 4 heterocycles. The van der Waals surface area contributed by atoms with Gasteiger partial charge in [-0.15, -0.1) is 5.10 Å². The second-order valence-corrected chi connectivity index (χ2v) is 15.7. The van der Waals surface area contributed by atoms with Crippen molar-refractivity contribution in [3.05, 3.63) is 122 Å². The molecule has 3 aromatic carbocycles. The van der Waals surface area contributed by atoms with Crippen molar-refractivity contribution in [2.75, 3.05) is 49.9 Å². The van der Waals surface area contributed by atoms with E-state index in [1.54, 1.807) is 18.2 Å². The number of hydrogen-bond acceptors (Lipinski definition) is 10. The van der Waals surface area contributed by atoms with Crippen molar-refractivity contribution in [1.82, 2.24) is 29.5 Å². The molecular formula is C43H42ClF3N8O6. The number of rotatable bonds is 9. The minimum atomic E-state index is -4.83. The summed E-state index contributed by atoms with van der Waals surface area (Å²) in [6, 6.07) is 19.9. The number of likely N-dealkylation sites (tertiary alicyclic amines) is 1. The minimum absolute atomic E-state index is 0.00105. The number of carbonyl (C=O) groups excluding carboxylic acids is 3. The number of nitrogens with zero attached hydrogens (tertiary/aromatic N) is 6. The molecule has 5 aromatic rings. The zero-order chi connectivity index (χ0) is 42.8. The van der Waals surface area contributed by atoms with Crippen molar-refractivity contribution in [2.24, 2.45) is 0 Å². The Hall–Kier alpha value is -6.36. The number of H-pyrrole nitrogens is 1. The van der Waals surface area contributed by atoms with Gasteiger partial charge in [-0.1, -0.05) is 48.0 Å². The summed E-state index contributed by atoms with van der Waals surface area (Å²) in [6.45, 7) is 1.37. The standard InChI is InChI=1S/C43H42ClF3N8O6/c44-34-22-26(21-33(37(34)48)43(45,46)47)23-35(61-42(59)54-15-13-31(14-16-54)55-41(58)50-38(51-55)28-5-2-1-3-6-28)39(56)53-19-17-52(18-20-53)36-12-10-30(25-49-36)40(57)60-32-11-9-27-7-4-8-29(27)24-32/h1-3,5-6,9-12,21-22,24-25,31,35H,4,7-8,13-20,23,48H2,(H,50,51,58)/t35-/m1/s1. The van der Waals surface area contributed by atoms with Gasteiger partial charge >= 0.3 is 23.9 Å². The van der Waals surface area contributed by atoms with Crippen LogP contribution in [0.1, 0.15) is 57.9 Å². The third-order valence-corrected chi connectivity index (χ3v) is 11.7. The summed E-state index contributed by atoms with van der Waals surface area (Å²) in [6.07, 6.45) is -2.35. The number of nitrogen functional groups attached to an aromatic ring is 1. The van der Waals surface area contributed by atoms with E-state index in [0.717, 1.165) is 30.9 Å². The first kappa shape index (κ1) is 41.4. The summed E-state index contributed by atoms with van der Waals surface area (Å²) in [5, 5.41) is 4.13. The molecule has 61 heavy (non-hydrogen) atoms. The minimum Gasteiger partial charge on any atom is -0.436 e. The number of nitrogens with two attached hydrogens (primary N) is 1. The highest BCUT2D eigenvalue weighted by molar-refractivity contribution is 6.33. The molecule has 1 atom stereocenters. The average molecular weight is 859 g/mol. The Kier molecular flexibility index (Phi) is 11.7. The molecule has 0 bridgehead atoms. The molecule has 0 spiro atoms. The smallest absolute Gasteiger partial charge is 0.418 e. The number of piperidine rings is 1. The van der Waals surface area contributed by atoms with E-state index in [2.05, 4.69) is 15.1 Å². The third-order valence-electron chi connectivity index (χ3n) is 11.4. The van der Waals surface area contributed by atoms with Gasteiger partial charge in [0.1, 0.15) is 11.6 Å². The molecule has 0 unspecified atom stereocenters. The number of piperazine rings is 1. The van der Waals surface area contributed by atoms with Gasteiger partial charge in [0, 0.05) is 57.4 Å². The Morgan fingerprint density at radius 3 is 2.34 bits per heavy atom. The number of aryl methyl sites for hydroxylation is 2. The number of halogens is 4. The topological polar surface area (TPSA) is 169 Å². The van der Waals surface area contributed by atoms with E-state index >= 15 is 0 Å². The summed E-state index contributed by atoms with van der Waals surface area (Å²) in [5.74, 6) is 0.331. The lowest BCUT2D eigenvalue weighted by atomic mass is 10.0. The first-order chi connectivity index (χ1) is 29.3. The van der Waals surface area contributed by atoms with Crippen molar-refractivity contribution in [3.8, 4) is 17.1 Å². The van der Waals surface area contributed by atoms with Gasteiger partial charge in [0.25, 0.3) is 5.91 Å². The Balaban J connectivity index is 0.920. The zero-order valence-electron chi connectivity index (χ0n) is 32.9. The molecule has 8 rings (SSSR count). The van der Waals surface area contributed by atoms with Crippen molar-refractivity contribution in [3.63, 3.8) is 0 Å². The number of aromatic nitrogens is 4. The molecule has 0 saturated carbocycles. The Morgan fingerprint density at radius 1 is 0.902 bits per heavy atom. The molecule has 2 amide bonds. The number of aromatic amines is 1. The SMILES string of the molecule is Nc1c(Cl)cc(C[C@@H](OC(=O)N2CCC(n3nc(-c4ccccc4)[nH]c3=O)CC2)C(=O)N2CCN(c3ccc(C(=O)Oc4ccc5c(c4)CCC5)cn3)CC2)cc1C(F)(F)F. The van der Waals surface area contributed by atoms with Crippen molar-refractivity contribution in [1.29, 1.82) is 0 Å². The Bertz CT molecular complexity index is 2480. The quantitative estimate of drug-likeness (QED) is 0.0971. The van der Waals surface area contributed by atoms with Crippen molar-refractivity contribution in [2.45, 2.75) is 56.8 Å². The van der Waals surface area contributed by atoms with Crippen LogP contribution in [0.15, 0.2) is 83.8 Å². The van der Waals surface area contributed by atoms with Crippen LogP contribution in [0.2, 0.25) is 5.02 Å². The Morgan fingerprint density at radius 2 is 1.64 bits per heavy atom. The summed E-state index contributed by atoms with van der Waals surface area (Å²) in [4.78, 5) is 65.5. The van der Waals surface area contributed by atoms with Crippen LogP contribution < -0.4 is 21.1 Å². The van der Waals surface area contributed by atoms with E-state index in [0.29, 0.717) is 43.3 Å². The first-order valence-corrected chi connectivity index (χ1v) is 20.4. The third kappa shape index (κ3) is 9.21. The maximum atomic E-state index is 14.1. The summed E-state index contributed by atoms with van der Waals surface area (Å²) < 4.78 is 54.5. The predicted octanol–water partition coefficient (Wildman–Crippen LogP) is 6.33. The lowest BCUT2D eigenvalue weighted by Gasteiger charge is -2.37. The molecule has 2 aliphatic heterocycles. The molecule has 2 saturated heterocycles. The van der Waals surface area contributed by atoms with Gasteiger partial charge in [0.2, 0.25) is 0 Å². The van der Waals surface area contributed by atoms with Gasteiger partial charge in [0.15, 0.2) is 11.9 Å². The molecular weight excluding hydrogens is 817 g/mol. The van der Waals surface area contributed by atoms with Crippen molar-refractivity contribution < 1.29 is 37.0 Å². The van der Waals surface area contributed by atoms with E-state index in [1.807, 2.05) is 47.4 Å². The first-order valence-electron chi connectivity index (χ1n) is 20.0. The second kappa shape index (κ2) is 17.3. The van der Waals surface area contributed by atoms with Gasteiger partial charge in [-0.25, -0.2) is 24.0 Å². The second-order valence-electron chi connectivity index (χ2n) is 15.3. The largest absolute Gasteiger partial charge is 0.436 e. The van der Waals surface area contributed by atoms with E-state index in [9.17, 15) is 32.3 Å². The number of fused-ring (bicyclic) bond motifs is 1. The molecule has 2 fully saturated rings. The molecule has 0 radical (unpaired) electrons. The maximum absolute atomic E-state index is 14.1. The number of carbonyl (C=O) groups is 3. The number of benzene rings is 3. The molecule has 18 heteroatoms. The highest BCUT2D eigenvalue weighted by atomic mass is 35.5. The number of esters is 1. The van der Waals surface area contributed by atoms with Crippen molar-refractivity contribution >= 4 is 41.1 Å². The van der Waals surface area contributed by atoms with E-state index in [1.165, 1.54) is 37.9 Å². The fourth-order valence-electron chi connectivity index (χ4n) is 8.05. The zero-order valence-corrected chi connectivity index (χ0v) is 33.6. The number of nitrogens with one attached hydrogen (secondary N) is 1. The van der Waals surface area contributed by atoms with Gasteiger partial charge < -0.3 is 29.9 Å². The van der Waals surface area contributed by atoms with E-state index in [-0.39, 0.29) is 54.1 Å². The molecule has 3 N–H and O–H groups in total. The summed E-state index contributed by atoms with van der Waals surface area (Å²) >= 11 is 6.13. The van der Waals surface area contributed by atoms with Gasteiger partial charge in [-0.3, -0.25) is 9.78 Å². The van der Waals surface area contributed by atoms with Crippen LogP contribution in [0.3, 0.4) is 0 Å². The maximum Gasteiger partial charge on any atom is 0.418 e. The Labute approximate surface area is 353 Å². The highest BCUT2D eigenvalue weighted by Crippen LogP contribution is 2.38. The summed E-state index contributed by atoms with van der Waals surface area (Å²) in [7, 11) is 0. The van der Waals surface area contributed by atoms with Crippen LogP contribution in [0.25, 0.3) is 11.4 Å². The fourth-order valence-corrected chi connectivity index (χ4v) is 8.29. The molecule has 2 aromatic heterocycles. The number of anilines is 2. The van der Waals surface area contributed by atoms with Crippen LogP contribution in [-0.4, -0.2) is 92.9 Å². The monoisotopic (exact) mass is 858 g/mol. The molecule has 318 valence electrons.